The molecular weight excluding hydrogens is 328 g/mol. The summed E-state index contributed by atoms with van der Waals surface area (Å²) in [4.78, 5) is 0. The van der Waals surface area contributed by atoms with Crippen molar-refractivity contribution in [2.24, 2.45) is 0 Å². The zero-order valence-corrected chi connectivity index (χ0v) is 13.0. The highest BCUT2D eigenvalue weighted by molar-refractivity contribution is 9.10. The maximum absolute atomic E-state index is 10.4. The highest BCUT2D eigenvalue weighted by Crippen LogP contribution is 2.31. The van der Waals surface area contributed by atoms with Crippen LogP contribution in [0.3, 0.4) is 0 Å². The van der Waals surface area contributed by atoms with Gasteiger partial charge in [-0.25, -0.2) is 0 Å². The van der Waals surface area contributed by atoms with E-state index in [2.05, 4.69) is 15.9 Å². The maximum atomic E-state index is 10.4. The first-order valence-electron chi connectivity index (χ1n) is 5.80. The summed E-state index contributed by atoms with van der Waals surface area (Å²) in [6.07, 6.45) is -0.696. The van der Waals surface area contributed by atoms with Crippen LogP contribution in [0.1, 0.15) is 22.8 Å². The smallest absolute Gasteiger partial charge is 0.137 e. The van der Waals surface area contributed by atoms with Gasteiger partial charge in [0.05, 0.1) is 12.1 Å². The molecule has 0 heterocycles. The Balaban J connectivity index is 2.37. The molecule has 0 aliphatic heterocycles. The fourth-order valence-corrected chi connectivity index (χ4v) is 2.32. The molecule has 4 heteroatoms. The average molecular weight is 342 g/mol. The topological polar surface area (TPSA) is 29.5 Å². The molecule has 0 aliphatic rings. The van der Waals surface area contributed by atoms with Crippen LogP contribution < -0.4 is 4.74 Å². The number of benzene rings is 2. The monoisotopic (exact) mass is 340 g/mol. The molecule has 1 unspecified atom stereocenters. The average Bonchev–Trinajstić information content (AvgIpc) is 2.41. The van der Waals surface area contributed by atoms with Crippen molar-refractivity contribution in [2.75, 3.05) is 7.11 Å². The molecular formula is C15H14BrClO2. The van der Waals surface area contributed by atoms with Crippen molar-refractivity contribution in [3.8, 4) is 5.75 Å². The second-order valence-electron chi connectivity index (χ2n) is 4.31. The minimum atomic E-state index is -0.696. The van der Waals surface area contributed by atoms with Crippen molar-refractivity contribution in [1.29, 1.82) is 0 Å². The molecule has 1 atom stereocenters. The summed E-state index contributed by atoms with van der Waals surface area (Å²) < 4.78 is 6.19. The molecule has 2 aromatic rings. The summed E-state index contributed by atoms with van der Waals surface area (Å²) in [5.74, 6) is 0.562. The first-order valence-corrected chi connectivity index (χ1v) is 6.97. The van der Waals surface area contributed by atoms with E-state index < -0.39 is 6.10 Å². The predicted molar refractivity (Wildman–Crippen MR) is 80.9 cm³/mol. The van der Waals surface area contributed by atoms with Crippen molar-refractivity contribution in [1.82, 2.24) is 0 Å². The molecule has 0 radical (unpaired) electrons. The number of aliphatic hydroxyl groups excluding tert-OH is 1. The molecule has 0 amide bonds. The summed E-state index contributed by atoms with van der Waals surface area (Å²) in [5.41, 5.74) is 2.67. The zero-order chi connectivity index (χ0) is 14.0. The summed E-state index contributed by atoms with van der Waals surface area (Å²) in [6.45, 7) is 1.99. The lowest BCUT2D eigenvalue weighted by atomic mass is 10.00. The van der Waals surface area contributed by atoms with Crippen LogP contribution in [0.2, 0.25) is 5.02 Å². The Morgan fingerprint density at radius 2 is 1.79 bits per heavy atom. The number of hydrogen-bond donors (Lipinski definition) is 1. The van der Waals surface area contributed by atoms with Gasteiger partial charge in [-0.05, 0) is 41.8 Å². The second kappa shape index (κ2) is 5.95. The Labute approximate surface area is 126 Å². The Hall–Kier alpha value is -1.03. The zero-order valence-electron chi connectivity index (χ0n) is 10.7. The highest BCUT2D eigenvalue weighted by Gasteiger charge is 2.13. The molecule has 0 spiro atoms. The van der Waals surface area contributed by atoms with Gasteiger partial charge < -0.3 is 9.84 Å². The minimum Gasteiger partial charge on any atom is -0.495 e. The summed E-state index contributed by atoms with van der Waals surface area (Å²) in [7, 11) is 1.56. The first-order chi connectivity index (χ1) is 9.02. The molecule has 0 aromatic heterocycles. The van der Waals surface area contributed by atoms with Crippen LogP contribution in [0, 0.1) is 6.92 Å². The van der Waals surface area contributed by atoms with E-state index in [1.54, 1.807) is 25.3 Å². The molecule has 100 valence electrons. The molecule has 0 aliphatic carbocycles. The molecule has 1 N–H and O–H groups in total. The van der Waals surface area contributed by atoms with Gasteiger partial charge in [0.15, 0.2) is 0 Å². The van der Waals surface area contributed by atoms with E-state index in [0.29, 0.717) is 10.8 Å². The van der Waals surface area contributed by atoms with Crippen LogP contribution in [0.25, 0.3) is 0 Å². The third-order valence-corrected chi connectivity index (χ3v) is 4.19. The van der Waals surface area contributed by atoms with Crippen LogP contribution >= 0.6 is 27.5 Å². The molecule has 0 bridgehead atoms. The SMILES string of the molecule is COc1cc(C(O)c2ccc(Br)c(C)c2)ccc1Cl. The number of aliphatic hydroxyl groups is 1. The van der Waals surface area contributed by atoms with Crippen LogP contribution in [-0.2, 0) is 0 Å². The van der Waals surface area contributed by atoms with E-state index >= 15 is 0 Å². The van der Waals surface area contributed by atoms with Gasteiger partial charge in [-0.2, -0.15) is 0 Å². The van der Waals surface area contributed by atoms with Gasteiger partial charge in [0.25, 0.3) is 0 Å². The fourth-order valence-electron chi connectivity index (χ4n) is 1.88. The van der Waals surface area contributed by atoms with Crippen LogP contribution in [0.5, 0.6) is 5.75 Å². The number of methoxy groups -OCH3 is 1. The summed E-state index contributed by atoms with van der Waals surface area (Å²) in [5, 5.41) is 10.9. The lowest BCUT2D eigenvalue weighted by Gasteiger charge is -2.14. The number of aryl methyl sites for hydroxylation is 1. The van der Waals surface area contributed by atoms with Crippen molar-refractivity contribution < 1.29 is 9.84 Å². The fraction of sp³-hybridized carbons (Fsp3) is 0.200. The van der Waals surface area contributed by atoms with Gasteiger partial charge in [-0.1, -0.05) is 45.7 Å². The molecule has 19 heavy (non-hydrogen) atoms. The van der Waals surface area contributed by atoms with Crippen molar-refractivity contribution in [3.63, 3.8) is 0 Å². The largest absolute Gasteiger partial charge is 0.495 e. The molecule has 0 fully saturated rings. The quantitative estimate of drug-likeness (QED) is 0.890. The van der Waals surface area contributed by atoms with Gasteiger partial charge in [0, 0.05) is 4.47 Å². The number of halogens is 2. The van der Waals surface area contributed by atoms with E-state index in [1.807, 2.05) is 25.1 Å². The molecule has 2 aromatic carbocycles. The van der Waals surface area contributed by atoms with Gasteiger partial charge >= 0.3 is 0 Å². The highest BCUT2D eigenvalue weighted by atomic mass is 79.9. The molecule has 2 nitrogen and oxygen atoms in total. The van der Waals surface area contributed by atoms with E-state index in [-0.39, 0.29) is 0 Å². The molecule has 2 rings (SSSR count). The maximum Gasteiger partial charge on any atom is 0.137 e. The first kappa shape index (κ1) is 14.4. The number of hydrogen-bond acceptors (Lipinski definition) is 2. The van der Waals surface area contributed by atoms with Gasteiger partial charge in [-0.3, -0.25) is 0 Å². The van der Waals surface area contributed by atoms with Crippen LogP contribution in [-0.4, -0.2) is 12.2 Å². The minimum absolute atomic E-state index is 0.533. The molecule has 0 saturated carbocycles. The van der Waals surface area contributed by atoms with Crippen molar-refractivity contribution >= 4 is 27.5 Å². The third-order valence-electron chi connectivity index (χ3n) is 2.99. The lowest BCUT2D eigenvalue weighted by Crippen LogP contribution is -2.01. The third kappa shape index (κ3) is 3.11. The van der Waals surface area contributed by atoms with E-state index in [0.717, 1.165) is 21.2 Å². The summed E-state index contributed by atoms with van der Waals surface area (Å²) >= 11 is 9.43. The second-order valence-corrected chi connectivity index (χ2v) is 5.57. The number of ether oxygens (including phenoxy) is 1. The summed E-state index contributed by atoms with van der Waals surface area (Å²) in [6, 6.07) is 11.1. The van der Waals surface area contributed by atoms with Gasteiger partial charge in [0.2, 0.25) is 0 Å². The van der Waals surface area contributed by atoms with Gasteiger partial charge in [0.1, 0.15) is 11.9 Å². The van der Waals surface area contributed by atoms with E-state index in [1.165, 1.54) is 0 Å². The Kier molecular flexibility index (Phi) is 4.50. The van der Waals surface area contributed by atoms with Crippen LogP contribution in [0.4, 0.5) is 0 Å². The standard InChI is InChI=1S/C15H14BrClO2/c1-9-7-10(3-5-12(9)16)15(18)11-4-6-13(17)14(8-11)19-2/h3-8,15,18H,1-2H3. The lowest BCUT2D eigenvalue weighted by molar-refractivity contribution is 0.219. The van der Waals surface area contributed by atoms with Crippen molar-refractivity contribution in [2.45, 2.75) is 13.0 Å². The normalized spacial score (nSPS) is 12.3. The number of rotatable bonds is 3. The predicted octanol–water partition coefficient (Wildman–Crippen LogP) is 4.50. The Morgan fingerprint density at radius 3 is 2.42 bits per heavy atom. The van der Waals surface area contributed by atoms with Crippen molar-refractivity contribution in [3.05, 3.63) is 62.6 Å². The van der Waals surface area contributed by atoms with Crippen LogP contribution in [0.15, 0.2) is 40.9 Å². The van der Waals surface area contributed by atoms with E-state index in [4.69, 9.17) is 16.3 Å². The Morgan fingerprint density at radius 1 is 1.16 bits per heavy atom. The van der Waals surface area contributed by atoms with Gasteiger partial charge in [-0.15, -0.1) is 0 Å². The Bertz CT molecular complexity index is 599. The van der Waals surface area contributed by atoms with E-state index in [9.17, 15) is 5.11 Å². The molecule has 0 saturated heterocycles.